The van der Waals surface area contributed by atoms with E-state index in [4.69, 9.17) is 4.74 Å². The second-order valence-electron chi connectivity index (χ2n) is 7.57. The molecule has 0 bridgehead atoms. The first kappa shape index (κ1) is 24.1. The van der Waals surface area contributed by atoms with E-state index >= 15 is 0 Å². The van der Waals surface area contributed by atoms with Gasteiger partial charge in [0, 0.05) is 12.1 Å². The number of carbonyl (C=O) groups is 1. The van der Waals surface area contributed by atoms with E-state index in [1.165, 1.54) is 18.2 Å². The molecule has 0 unspecified atom stereocenters. The number of anilines is 1. The van der Waals surface area contributed by atoms with Crippen molar-refractivity contribution in [3.63, 3.8) is 0 Å². The van der Waals surface area contributed by atoms with Gasteiger partial charge in [0.25, 0.3) is 5.69 Å². The lowest BCUT2D eigenvalue weighted by molar-refractivity contribution is -0.384. The Balaban J connectivity index is 2.26. The number of rotatable bonds is 10. The van der Waals surface area contributed by atoms with Crippen LogP contribution in [-0.2, 0) is 14.8 Å². The van der Waals surface area contributed by atoms with Crippen LogP contribution < -0.4 is 14.4 Å². The number of nitrogens with one attached hydrogen (secondary N) is 1. The van der Waals surface area contributed by atoms with Crippen LogP contribution in [0.4, 0.5) is 11.4 Å². The molecule has 0 aliphatic rings. The van der Waals surface area contributed by atoms with Gasteiger partial charge in [0.05, 0.1) is 30.0 Å². The summed E-state index contributed by atoms with van der Waals surface area (Å²) in [5, 5.41) is 13.9. The van der Waals surface area contributed by atoms with Gasteiger partial charge in [-0.3, -0.25) is 19.2 Å². The lowest BCUT2D eigenvalue weighted by Gasteiger charge is -2.25. The maximum absolute atomic E-state index is 12.8. The zero-order valence-corrected chi connectivity index (χ0v) is 18.8. The van der Waals surface area contributed by atoms with E-state index in [-0.39, 0.29) is 23.3 Å². The van der Waals surface area contributed by atoms with E-state index in [0.29, 0.717) is 12.2 Å². The summed E-state index contributed by atoms with van der Waals surface area (Å²) in [5.41, 5.74) is 0.656. The Hall–Kier alpha value is -3.14. The Morgan fingerprint density at radius 1 is 1.19 bits per heavy atom. The van der Waals surface area contributed by atoms with E-state index < -0.39 is 27.4 Å². The Labute approximate surface area is 182 Å². The molecular weight excluding hydrogens is 422 g/mol. The maximum Gasteiger partial charge on any atom is 0.271 e. The summed E-state index contributed by atoms with van der Waals surface area (Å²) < 4.78 is 30.7. The zero-order chi connectivity index (χ0) is 23.2. The predicted molar refractivity (Wildman–Crippen MR) is 119 cm³/mol. The normalized spacial score (nSPS) is 12.3. The predicted octanol–water partition coefficient (Wildman–Crippen LogP) is 3.27. The number of benzene rings is 2. The summed E-state index contributed by atoms with van der Waals surface area (Å²) in [6.07, 6.45) is 1.60. The molecule has 2 aromatic carbocycles. The number of amides is 1. The summed E-state index contributed by atoms with van der Waals surface area (Å²) in [5.74, 6) is 0.445. The summed E-state index contributed by atoms with van der Waals surface area (Å²) >= 11 is 0. The lowest BCUT2D eigenvalue weighted by atomic mass is 9.97. The third-order valence-electron chi connectivity index (χ3n) is 4.58. The summed E-state index contributed by atoms with van der Waals surface area (Å²) in [7, 11) is -2.29. The number of nitro benzene ring substituents is 1. The molecule has 0 fully saturated rings. The number of carbonyl (C=O) groups excluding carboxylic acids is 1. The largest absolute Gasteiger partial charge is 0.497 e. The standard InChI is InChI=1S/C21H27N3O6S/c1-15(2)12-20(16-8-10-19(30-3)11-9-16)22-21(25)14-23(31(4,28)29)17-6-5-7-18(13-17)24(26)27/h5-11,13,15,20H,12,14H2,1-4H3,(H,22,25)/t20-/m1/s1. The SMILES string of the molecule is COc1ccc([C@@H](CC(C)C)NC(=O)CN(c2cccc([N+](=O)[O-])c2)S(C)(=O)=O)cc1. The highest BCUT2D eigenvalue weighted by Gasteiger charge is 2.24. The van der Waals surface area contributed by atoms with E-state index in [1.807, 2.05) is 26.0 Å². The van der Waals surface area contributed by atoms with Crippen LogP contribution in [0, 0.1) is 16.0 Å². The highest BCUT2D eigenvalue weighted by atomic mass is 32.2. The number of sulfonamides is 1. The fourth-order valence-corrected chi connectivity index (χ4v) is 3.97. The van der Waals surface area contributed by atoms with Gasteiger partial charge in [0.2, 0.25) is 15.9 Å². The molecule has 9 nitrogen and oxygen atoms in total. The second-order valence-corrected chi connectivity index (χ2v) is 9.48. The van der Waals surface area contributed by atoms with Crippen molar-refractivity contribution < 1.29 is 22.9 Å². The van der Waals surface area contributed by atoms with Crippen molar-refractivity contribution in [1.82, 2.24) is 5.32 Å². The molecule has 2 rings (SSSR count). The van der Waals surface area contributed by atoms with Crippen LogP contribution in [0.2, 0.25) is 0 Å². The van der Waals surface area contributed by atoms with Crippen LogP contribution in [0.3, 0.4) is 0 Å². The number of nitro groups is 1. The third-order valence-corrected chi connectivity index (χ3v) is 5.72. The molecule has 0 aliphatic heterocycles. The Bertz CT molecular complexity index is 1020. The highest BCUT2D eigenvalue weighted by molar-refractivity contribution is 7.92. The molecule has 0 saturated heterocycles. The Morgan fingerprint density at radius 2 is 1.84 bits per heavy atom. The fraction of sp³-hybridized carbons (Fsp3) is 0.381. The molecule has 31 heavy (non-hydrogen) atoms. The summed E-state index contributed by atoms with van der Waals surface area (Å²) in [6.45, 7) is 3.55. The Kier molecular flexibility index (Phi) is 7.98. The van der Waals surface area contributed by atoms with Gasteiger partial charge < -0.3 is 10.1 Å². The first-order valence-electron chi connectivity index (χ1n) is 9.66. The topological polar surface area (TPSA) is 119 Å². The van der Waals surface area contributed by atoms with Crippen LogP contribution in [0.1, 0.15) is 31.9 Å². The first-order valence-corrected chi connectivity index (χ1v) is 11.5. The van der Waals surface area contributed by atoms with Crippen molar-refractivity contribution >= 4 is 27.3 Å². The minimum atomic E-state index is -3.85. The van der Waals surface area contributed by atoms with E-state index in [0.717, 1.165) is 22.2 Å². The quantitative estimate of drug-likeness (QED) is 0.439. The monoisotopic (exact) mass is 449 g/mol. The molecule has 0 aromatic heterocycles. The Morgan fingerprint density at radius 3 is 2.35 bits per heavy atom. The molecule has 10 heteroatoms. The third kappa shape index (κ3) is 6.95. The average Bonchev–Trinajstić information content (AvgIpc) is 2.70. The van der Waals surface area contributed by atoms with Crippen molar-refractivity contribution in [1.29, 1.82) is 0 Å². The van der Waals surface area contributed by atoms with Crippen LogP contribution in [0.5, 0.6) is 5.75 Å². The molecule has 2 aromatic rings. The molecule has 168 valence electrons. The van der Waals surface area contributed by atoms with Crippen molar-refractivity contribution in [3.8, 4) is 5.75 Å². The number of non-ortho nitro benzene ring substituents is 1. The molecule has 0 spiro atoms. The van der Waals surface area contributed by atoms with E-state index in [9.17, 15) is 23.3 Å². The van der Waals surface area contributed by atoms with Gasteiger partial charge in [-0.05, 0) is 36.1 Å². The second kappa shape index (κ2) is 10.3. The first-order chi connectivity index (χ1) is 14.5. The smallest absolute Gasteiger partial charge is 0.271 e. The van der Waals surface area contributed by atoms with Gasteiger partial charge in [-0.15, -0.1) is 0 Å². The van der Waals surface area contributed by atoms with Crippen molar-refractivity contribution in [2.24, 2.45) is 5.92 Å². The van der Waals surface area contributed by atoms with Gasteiger partial charge in [-0.2, -0.15) is 0 Å². The summed E-state index contributed by atoms with van der Waals surface area (Å²) in [4.78, 5) is 23.2. The van der Waals surface area contributed by atoms with Gasteiger partial charge in [-0.25, -0.2) is 8.42 Å². The molecule has 0 radical (unpaired) electrons. The molecular formula is C21H27N3O6S. The fourth-order valence-electron chi connectivity index (χ4n) is 3.12. The highest BCUT2D eigenvalue weighted by Crippen LogP contribution is 2.25. The van der Waals surface area contributed by atoms with E-state index in [1.54, 1.807) is 19.2 Å². The minimum Gasteiger partial charge on any atom is -0.497 e. The minimum absolute atomic E-state index is 0.0525. The molecule has 0 heterocycles. The zero-order valence-electron chi connectivity index (χ0n) is 17.9. The molecule has 0 aliphatic carbocycles. The van der Waals surface area contributed by atoms with Crippen LogP contribution in [0.15, 0.2) is 48.5 Å². The lowest BCUT2D eigenvalue weighted by Crippen LogP contribution is -2.41. The molecule has 1 amide bonds. The summed E-state index contributed by atoms with van der Waals surface area (Å²) in [6, 6.07) is 12.1. The van der Waals surface area contributed by atoms with Crippen molar-refractivity contribution in [2.75, 3.05) is 24.2 Å². The number of methoxy groups -OCH3 is 1. The molecule has 1 atom stereocenters. The van der Waals surface area contributed by atoms with Crippen LogP contribution in [0.25, 0.3) is 0 Å². The van der Waals surface area contributed by atoms with Gasteiger partial charge in [-0.1, -0.05) is 32.0 Å². The van der Waals surface area contributed by atoms with Gasteiger partial charge >= 0.3 is 0 Å². The molecule has 1 N–H and O–H groups in total. The van der Waals surface area contributed by atoms with Crippen LogP contribution in [-0.4, -0.2) is 39.2 Å². The average molecular weight is 450 g/mol. The van der Waals surface area contributed by atoms with Gasteiger partial charge in [0.1, 0.15) is 12.3 Å². The number of hydrogen-bond donors (Lipinski definition) is 1. The number of ether oxygens (including phenoxy) is 1. The van der Waals surface area contributed by atoms with Gasteiger partial charge in [0.15, 0.2) is 0 Å². The van der Waals surface area contributed by atoms with Crippen LogP contribution >= 0.6 is 0 Å². The number of hydrogen-bond acceptors (Lipinski definition) is 6. The van der Waals surface area contributed by atoms with Crippen molar-refractivity contribution in [2.45, 2.75) is 26.3 Å². The van der Waals surface area contributed by atoms with E-state index in [2.05, 4.69) is 5.32 Å². The van der Waals surface area contributed by atoms with Crippen molar-refractivity contribution in [3.05, 3.63) is 64.2 Å². The maximum atomic E-state index is 12.8. The molecule has 0 saturated carbocycles. The number of nitrogens with zero attached hydrogens (tertiary/aromatic N) is 2.